The molecule has 0 aromatic carbocycles. The van der Waals surface area contributed by atoms with E-state index < -0.39 is 0 Å². The van der Waals surface area contributed by atoms with Gasteiger partial charge >= 0.3 is 0 Å². The molecule has 18 heavy (non-hydrogen) atoms. The zero-order chi connectivity index (χ0) is 12.4. The van der Waals surface area contributed by atoms with Crippen LogP contribution >= 0.6 is 0 Å². The lowest BCUT2D eigenvalue weighted by Gasteiger charge is -2.26. The molecule has 1 aliphatic heterocycles. The number of hydrogen-bond donors (Lipinski definition) is 1. The maximum absolute atomic E-state index is 4.33. The Kier molecular flexibility index (Phi) is 3.64. The van der Waals surface area contributed by atoms with Gasteiger partial charge in [0.25, 0.3) is 0 Å². The number of aryl methyl sites for hydroxylation is 1. The average Bonchev–Trinajstić information content (AvgIpc) is 2.80. The van der Waals surface area contributed by atoms with Crippen molar-refractivity contribution in [3.63, 3.8) is 0 Å². The Bertz CT molecular complexity index is 398. The molecule has 1 aliphatic carbocycles. The summed E-state index contributed by atoms with van der Waals surface area (Å²) in [6, 6.07) is 0. The van der Waals surface area contributed by atoms with Crippen LogP contribution in [0.2, 0.25) is 0 Å². The smallest absolute Gasteiger partial charge is 0.0997 e. The highest BCUT2D eigenvalue weighted by Crippen LogP contribution is 2.31. The van der Waals surface area contributed by atoms with Gasteiger partial charge in [-0.15, -0.1) is 5.10 Å². The Balaban J connectivity index is 1.58. The van der Waals surface area contributed by atoms with Gasteiger partial charge in [0.1, 0.15) is 0 Å². The molecule has 2 unspecified atom stereocenters. The molecule has 2 atom stereocenters. The van der Waals surface area contributed by atoms with Crippen molar-refractivity contribution >= 4 is 0 Å². The van der Waals surface area contributed by atoms with Crippen LogP contribution in [0.5, 0.6) is 0 Å². The SMILES string of the molecule is CC1CCCC(CCn2nnc3c2CCNC3)C1. The summed E-state index contributed by atoms with van der Waals surface area (Å²) in [4.78, 5) is 0. The number of nitrogens with one attached hydrogen (secondary N) is 1. The Labute approximate surface area is 109 Å². The minimum atomic E-state index is 0.899. The molecule has 3 rings (SSSR count). The Hall–Kier alpha value is -0.900. The highest BCUT2D eigenvalue weighted by Gasteiger charge is 2.20. The van der Waals surface area contributed by atoms with Crippen LogP contribution in [0.3, 0.4) is 0 Å². The van der Waals surface area contributed by atoms with Gasteiger partial charge in [0.15, 0.2) is 0 Å². The molecule has 100 valence electrons. The first-order valence-corrected chi connectivity index (χ1v) is 7.45. The summed E-state index contributed by atoms with van der Waals surface area (Å²) in [6.45, 7) is 5.44. The first-order valence-electron chi connectivity index (χ1n) is 7.45. The topological polar surface area (TPSA) is 42.7 Å². The molecule has 1 aromatic rings. The number of aromatic nitrogens is 3. The third-order valence-corrected chi connectivity index (χ3v) is 4.54. The Morgan fingerprint density at radius 1 is 1.39 bits per heavy atom. The van der Waals surface area contributed by atoms with Crippen LogP contribution in [0.1, 0.15) is 50.4 Å². The lowest BCUT2D eigenvalue weighted by Crippen LogP contribution is -2.25. The maximum atomic E-state index is 4.33. The first-order chi connectivity index (χ1) is 8.83. The van der Waals surface area contributed by atoms with Crippen molar-refractivity contribution in [1.82, 2.24) is 20.3 Å². The molecule has 0 saturated heterocycles. The highest BCUT2D eigenvalue weighted by molar-refractivity contribution is 5.13. The first kappa shape index (κ1) is 12.2. The fraction of sp³-hybridized carbons (Fsp3) is 0.857. The van der Waals surface area contributed by atoms with Crippen LogP contribution in [-0.4, -0.2) is 21.5 Å². The minimum Gasteiger partial charge on any atom is -0.311 e. The maximum Gasteiger partial charge on any atom is 0.0997 e. The van der Waals surface area contributed by atoms with Crippen molar-refractivity contribution in [3.05, 3.63) is 11.4 Å². The van der Waals surface area contributed by atoms with E-state index in [1.807, 2.05) is 0 Å². The van der Waals surface area contributed by atoms with E-state index in [0.29, 0.717) is 0 Å². The normalized spacial score (nSPS) is 28.1. The standard InChI is InChI=1S/C14H24N4/c1-11-3-2-4-12(9-11)6-8-18-14-5-7-15-10-13(14)16-17-18/h11-12,15H,2-10H2,1H3. The van der Waals surface area contributed by atoms with E-state index in [1.54, 1.807) is 0 Å². The molecule has 2 heterocycles. The third-order valence-electron chi connectivity index (χ3n) is 4.54. The molecular formula is C14H24N4. The average molecular weight is 248 g/mol. The van der Waals surface area contributed by atoms with Crippen molar-refractivity contribution in [2.24, 2.45) is 11.8 Å². The number of fused-ring (bicyclic) bond motifs is 1. The summed E-state index contributed by atoms with van der Waals surface area (Å²) in [5.41, 5.74) is 2.54. The second-order valence-electron chi connectivity index (χ2n) is 6.06. The number of rotatable bonds is 3. The van der Waals surface area contributed by atoms with Crippen molar-refractivity contribution in [2.75, 3.05) is 6.54 Å². The van der Waals surface area contributed by atoms with Crippen molar-refractivity contribution < 1.29 is 0 Å². The van der Waals surface area contributed by atoms with Gasteiger partial charge in [0.05, 0.1) is 11.4 Å². The van der Waals surface area contributed by atoms with E-state index >= 15 is 0 Å². The number of hydrogen-bond acceptors (Lipinski definition) is 3. The third kappa shape index (κ3) is 2.58. The van der Waals surface area contributed by atoms with Crippen LogP contribution in [0.15, 0.2) is 0 Å². The van der Waals surface area contributed by atoms with Gasteiger partial charge in [-0.1, -0.05) is 31.4 Å². The van der Waals surface area contributed by atoms with Crippen LogP contribution < -0.4 is 5.32 Å². The summed E-state index contributed by atoms with van der Waals surface area (Å²) < 4.78 is 2.16. The predicted octanol–water partition coefficient (Wildman–Crippen LogP) is 2.14. The molecule has 4 heteroatoms. The van der Waals surface area contributed by atoms with Gasteiger partial charge in [-0.3, -0.25) is 0 Å². The quantitative estimate of drug-likeness (QED) is 0.891. The van der Waals surface area contributed by atoms with E-state index in [0.717, 1.165) is 37.9 Å². The van der Waals surface area contributed by atoms with Gasteiger partial charge in [-0.2, -0.15) is 0 Å². The number of nitrogens with zero attached hydrogens (tertiary/aromatic N) is 3. The summed E-state index contributed by atoms with van der Waals surface area (Å²) >= 11 is 0. The molecular weight excluding hydrogens is 224 g/mol. The molecule has 1 saturated carbocycles. The predicted molar refractivity (Wildman–Crippen MR) is 71.2 cm³/mol. The van der Waals surface area contributed by atoms with Crippen LogP contribution in [-0.2, 0) is 19.5 Å². The molecule has 0 spiro atoms. The molecule has 4 nitrogen and oxygen atoms in total. The Morgan fingerprint density at radius 3 is 3.22 bits per heavy atom. The zero-order valence-electron chi connectivity index (χ0n) is 11.4. The molecule has 0 bridgehead atoms. The second-order valence-corrected chi connectivity index (χ2v) is 6.06. The second kappa shape index (κ2) is 5.39. The van der Waals surface area contributed by atoms with Gasteiger partial charge in [0.2, 0.25) is 0 Å². The van der Waals surface area contributed by atoms with Crippen LogP contribution in [0.25, 0.3) is 0 Å². The molecule has 2 aliphatic rings. The van der Waals surface area contributed by atoms with E-state index in [-0.39, 0.29) is 0 Å². The fourth-order valence-corrected chi connectivity index (χ4v) is 3.50. The highest BCUT2D eigenvalue weighted by atomic mass is 15.4. The lowest BCUT2D eigenvalue weighted by atomic mass is 9.81. The Morgan fingerprint density at radius 2 is 2.33 bits per heavy atom. The van der Waals surface area contributed by atoms with Crippen LogP contribution in [0.4, 0.5) is 0 Å². The summed E-state index contributed by atoms with van der Waals surface area (Å²) in [5.74, 6) is 1.84. The van der Waals surface area contributed by atoms with E-state index in [4.69, 9.17) is 0 Å². The summed E-state index contributed by atoms with van der Waals surface area (Å²) in [7, 11) is 0. The van der Waals surface area contributed by atoms with E-state index in [9.17, 15) is 0 Å². The van der Waals surface area contributed by atoms with Gasteiger partial charge in [-0.25, -0.2) is 4.68 Å². The van der Waals surface area contributed by atoms with Crippen molar-refractivity contribution in [2.45, 2.75) is 58.5 Å². The largest absolute Gasteiger partial charge is 0.311 e. The molecule has 1 fully saturated rings. The van der Waals surface area contributed by atoms with Crippen molar-refractivity contribution in [1.29, 1.82) is 0 Å². The van der Waals surface area contributed by atoms with Crippen molar-refractivity contribution in [3.8, 4) is 0 Å². The fourth-order valence-electron chi connectivity index (χ4n) is 3.50. The molecule has 1 aromatic heterocycles. The molecule has 0 radical (unpaired) electrons. The molecule has 1 N–H and O–H groups in total. The van der Waals surface area contributed by atoms with Crippen LogP contribution in [0, 0.1) is 11.8 Å². The van der Waals surface area contributed by atoms with Gasteiger partial charge < -0.3 is 5.32 Å². The molecule has 0 amide bonds. The lowest BCUT2D eigenvalue weighted by molar-refractivity contribution is 0.256. The monoisotopic (exact) mass is 248 g/mol. The summed E-state index contributed by atoms with van der Waals surface area (Å²) in [6.07, 6.45) is 8.06. The van der Waals surface area contributed by atoms with E-state index in [1.165, 1.54) is 43.5 Å². The zero-order valence-corrected chi connectivity index (χ0v) is 11.4. The minimum absolute atomic E-state index is 0.899. The van der Waals surface area contributed by atoms with Gasteiger partial charge in [0, 0.05) is 26.1 Å². The van der Waals surface area contributed by atoms with Gasteiger partial charge in [-0.05, 0) is 24.7 Å². The summed E-state index contributed by atoms with van der Waals surface area (Å²) in [5, 5.41) is 12.0. The van der Waals surface area contributed by atoms with E-state index in [2.05, 4.69) is 27.2 Å².